The number of nitrogens with one attached hydrogen (secondary N) is 1. The molecule has 0 radical (unpaired) electrons. The Balaban J connectivity index is 1.69. The number of hydrogen-bond acceptors (Lipinski definition) is 6. The van der Waals surface area contributed by atoms with Gasteiger partial charge < -0.3 is 21.4 Å². The van der Waals surface area contributed by atoms with E-state index in [1.54, 1.807) is 0 Å². The highest BCUT2D eigenvalue weighted by Gasteiger charge is 2.28. The largest absolute Gasteiger partial charge is 0.383 e. The number of carbonyl (C=O) groups is 1. The molecule has 0 spiro atoms. The van der Waals surface area contributed by atoms with Crippen molar-refractivity contribution in [3.8, 4) is 11.1 Å². The molecule has 32 heavy (non-hydrogen) atoms. The lowest BCUT2D eigenvalue weighted by molar-refractivity contribution is -0.117. The van der Waals surface area contributed by atoms with Crippen molar-refractivity contribution in [2.45, 2.75) is 19.5 Å². The molecule has 8 heteroatoms. The fourth-order valence-electron chi connectivity index (χ4n) is 4.35. The second kappa shape index (κ2) is 7.58. The quantitative estimate of drug-likeness (QED) is 0.432. The maximum absolute atomic E-state index is 12.3. The van der Waals surface area contributed by atoms with E-state index in [4.69, 9.17) is 11.5 Å². The predicted molar refractivity (Wildman–Crippen MR) is 126 cm³/mol. The highest BCUT2D eigenvalue weighted by Crippen LogP contribution is 2.41. The number of anilines is 1. The Kier molecular flexibility index (Phi) is 4.71. The number of amides is 1. The van der Waals surface area contributed by atoms with Crippen molar-refractivity contribution in [3.63, 3.8) is 0 Å². The van der Waals surface area contributed by atoms with Gasteiger partial charge >= 0.3 is 0 Å². The number of benzene rings is 1. The summed E-state index contributed by atoms with van der Waals surface area (Å²) in [6.07, 6.45) is 5.36. The minimum absolute atomic E-state index is 0.113. The monoisotopic (exact) mass is 425 g/mol. The molecule has 8 nitrogen and oxygen atoms in total. The first kappa shape index (κ1) is 19.9. The summed E-state index contributed by atoms with van der Waals surface area (Å²) in [6, 6.07) is 9.86. The van der Waals surface area contributed by atoms with Crippen LogP contribution in [0.1, 0.15) is 12.6 Å². The highest BCUT2D eigenvalue weighted by molar-refractivity contribution is 6.07. The molecule has 0 saturated carbocycles. The van der Waals surface area contributed by atoms with E-state index in [-0.39, 0.29) is 18.5 Å². The van der Waals surface area contributed by atoms with Crippen LogP contribution in [0.3, 0.4) is 0 Å². The molecule has 1 aliphatic heterocycles. The van der Waals surface area contributed by atoms with E-state index in [2.05, 4.69) is 37.5 Å². The van der Waals surface area contributed by atoms with E-state index in [1.807, 2.05) is 43.5 Å². The molecule has 1 aromatic carbocycles. The number of nitrogens with zero attached hydrogens (tertiary/aromatic N) is 4. The van der Waals surface area contributed by atoms with Crippen molar-refractivity contribution in [1.29, 1.82) is 0 Å². The van der Waals surface area contributed by atoms with E-state index in [0.717, 1.165) is 44.3 Å². The summed E-state index contributed by atoms with van der Waals surface area (Å²) in [7, 11) is 0. The zero-order valence-electron chi connectivity index (χ0n) is 17.7. The molecule has 4 aromatic rings. The van der Waals surface area contributed by atoms with Crippen LogP contribution in [0.5, 0.6) is 0 Å². The summed E-state index contributed by atoms with van der Waals surface area (Å²) in [6.45, 7) is 6.36. The van der Waals surface area contributed by atoms with Crippen LogP contribution in [0.4, 0.5) is 5.82 Å². The topological polar surface area (TPSA) is 125 Å². The van der Waals surface area contributed by atoms with Gasteiger partial charge in [-0.2, -0.15) is 0 Å². The summed E-state index contributed by atoms with van der Waals surface area (Å²) >= 11 is 0. The predicted octanol–water partition coefficient (Wildman–Crippen LogP) is 2.65. The van der Waals surface area contributed by atoms with Crippen molar-refractivity contribution >= 4 is 39.2 Å². The van der Waals surface area contributed by atoms with Crippen molar-refractivity contribution < 1.29 is 4.79 Å². The van der Waals surface area contributed by atoms with Gasteiger partial charge in [0.2, 0.25) is 5.91 Å². The first-order valence-electron chi connectivity index (χ1n) is 10.3. The van der Waals surface area contributed by atoms with Crippen LogP contribution in [0.15, 0.2) is 61.1 Å². The SMILES string of the molecule is C=C(CN)C(=O)NC1C=C(C)c2c(-c3cnc4ccccc4c3)c3c(N)ncnc3n2C1. The van der Waals surface area contributed by atoms with Crippen LogP contribution in [0.25, 0.3) is 38.6 Å². The van der Waals surface area contributed by atoms with Gasteiger partial charge in [0.05, 0.1) is 22.6 Å². The van der Waals surface area contributed by atoms with E-state index >= 15 is 0 Å². The number of para-hydroxylation sites is 1. The Hall–Kier alpha value is -4.04. The van der Waals surface area contributed by atoms with Gasteiger partial charge in [-0.1, -0.05) is 30.9 Å². The molecule has 0 fully saturated rings. The Morgan fingerprint density at radius 2 is 2.09 bits per heavy atom. The van der Waals surface area contributed by atoms with E-state index in [0.29, 0.717) is 17.9 Å². The molecule has 160 valence electrons. The molecule has 1 amide bonds. The second-order valence-electron chi connectivity index (χ2n) is 7.95. The number of fused-ring (bicyclic) bond motifs is 4. The van der Waals surface area contributed by atoms with Crippen LogP contribution in [0.2, 0.25) is 0 Å². The van der Waals surface area contributed by atoms with E-state index in [9.17, 15) is 4.79 Å². The third-order valence-electron chi connectivity index (χ3n) is 5.84. The standard InChI is InChI=1S/C24H23N7O/c1-13-7-17(30-24(32)14(2)9-25)11-31-21(13)19(20-22(26)28-12-29-23(20)31)16-8-15-5-3-4-6-18(15)27-10-16/h3-8,10,12,17H,2,9,11,25H2,1H3,(H,30,32)(H2,26,28,29). The maximum Gasteiger partial charge on any atom is 0.248 e. The normalized spacial score (nSPS) is 15.4. The van der Waals surface area contributed by atoms with Crippen molar-refractivity contribution in [3.05, 3.63) is 66.8 Å². The van der Waals surface area contributed by atoms with Crippen LogP contribution >= 0.6 is 0 Å². The van der Waals surface area contributed by atoms with Crippen LogP contribution in [-0.2, 0) is 11.3 Å². The van der Waals surface area contributed by atoms with Gasteiger partial charge in [-0.15, -0.1) is 0 Å². The van der Waals surface area contributed by atoms with Crippen LogP contribution in [-0.4, -0.2) is 38.0 Å². The Labute approximate surface area is 184 Å². The zero-order chi connectivity index (χ0) is 22.4. The van der Waals surface area contributed by atoms with Gasteiger partial charge in [0.15, 0.2) is 0 Å². The maximum atomic E-state index is 12.3. The Morgan fingerprint density at radius 1 is 1.28 bits per heavy atom. The summed E-state index contributed by atoms with van der Waals surface area (Å²) in [5, 5.41) is 4.81. The molecular weight excluding hydrogens is 402 g/mol. The molecule has 5 rings (SSSR count). The summed E-state index contributed by atoms with van der Waals surface area (Å²) in [4.78, 5) is 25.8. The number of nitrogen functional groups attached to an aromatic ring is 1. The average Bonchev–Trinajstić information content (AvgIpc) is 3.14. The van der Waals surface area contributed by atoms with Crippen molar-refractivity contribution in [2.24, 2.45) is 5.73 Å². The van der Waals surface area contributed by atoms with Gasteiger partial charge in [-0.3, -0.25) is 9.78 Å². The molecule has 3 aromatic heterocycles. The lowest BCUT2D eigenvalue weighted by Crippen LogP contribution is -2.40. The van der Waals surface area contributed by atoms with E-state index < -0.39 is 0 Å². The van der Waals surface area contributed by atoms with Gasteiger partial charge in [-0.05, 0) is 24.6 Å². The number of rotatable bonds is 4. The molecule has 4 heterocycles. The summed E-state index contributed by atoms with van der Waals surface area (Å²) in [5.74, 6) is 0.152. The fraction of sp³-hybridized carbons (Fsp3) is 0.167. The summed E-state index contributed by atoms with van der Waals surface area (Å²) < 4.78 is 2.09. The lowest BCUT2D eigenvalue weighted by Gasteiger charge is -2.25. The first-order valence-corrected chi connectivity index (χ1v) is 10.3. The van der Waals surface area contributed by atoms with Crippen LogP contribution in [0, 0.1) is 0 Å². The number of hydrogen-bond donors (Lipinski definition) is 3. The number of carbonyl (C=O) groups excluding carboxylic acids is 1. The lowest BCUT2D eigenvalue weighted by atomic mass is 9.97. The number of allylic oxidation sites excluding steroid dienone is 1. The molecule has 1 atom stereocenters. The minimum Gasteiger partial charge on any atom is -0.383 e. The molecule has 1 unspecified atom stereocenters. The third-order valence-corrected chi connectivity index (χ3v) is 5.84. The second-order valence-corrected chi connectivity index (χ2v) is 7.95. The third kappa shape index (κ3) is 3.12. The number of aromatic nitrogens is 4. The van der Waals surface area contributed by atoms with Gasteiger partial charge in [0.1, 0.15) is 17.8 Å². The molecular formula is C24H23N7O. The molecule has 5 N–H and O–H groups in total. The number of pyridine rings is 1. The fourth-order valence-corrected chi connectivity index (χ4v) is 4.35. The van der Waals surface area contributed by atoms with Crippen LogP contribution < -0.4 is 16.8 Å². The smallest absolute Gasteiger partial charge is 0.248 e. The molecule has 0 aliphatic carbocycles. The van der Waals surface area contributed by atoms with Crippen molar-refractivity contribution in [1.82, 2.24) is 24.8 Å². The van der Waals surface area contributed by atoms with Gasteiger partial charge in [-0.25, -0.2) is 9.97 Å². The molecule has 0 bridgehead atoms. The van der Waals surface area contributed by atoms with Gasteiger partial charge in [0, 0.05) is 41.4 Å². The molecule has 0 saturated heterocycles. The molecule has 1 aliphatic rings. The Morgan fingerprint density at radius 3 is 2.91 bits per heavy atom. The zero-order valence-corrected chi connectivity index (χ0v) is 17.7. The summed E-state index contributed by atoms with van der Waals surface area (Å²) in [5.41, 5.74) is 17.8. The van der Waals surface area contributed by atoms with Crippen molar-refractivity contribution in [2.75, 3.05) is 12.3 Å². The highest BCUT2D eigenvalue weighted by atomic mass is 16.1. The first-order chi connectivity index (χ1) is 15.5. The minimum atomic E-state index is -0.255. The number of nitrogens with two attached hydrogens (primary N) is 2. The van der Waals surface area contributed by atoms with E-state index in [1.165, 1.54) is 6.33 Å². The Bertz CT molecular complexity index is 1430. The van der Waals surface area contributed by atoms with Gasteiger partial charge in [0.25, 0.3) is 0 Å². The average molecular weight is 425 g/mol.